The Bertz CT molecular complexity index is 505. The number of likely N-dealkylation sites (N-methyl/N-ethyl adjacent to an activating group) is 1. The Morgan fingerprint density at radius 3 is 2.57 bits per heavy atom. The summed E-state index contributed by atoms with van der Waals surface area (Å²) in [5, 5.41) is 13.5. The number of hydrogen-bond donors (Lipinski definition) is 2. The fourth-order valence-corrected chi connectivity index (χ4v) is 3.08. The van der Waals surface area contributed by atoms with Gasteiger partial charge < -0.3 is 20.2 Å². The van der Waals surface area contributed by atoms with Crippen LogP contribution in [0.2, 0.25) is 10.0 Å². The molecule has 2 rings (SSSR count). The van der Waals surface area contributed by atoms with Crippen LogP contribution in [0.15, 0.2) is 18.2 Å². The number of carbonyl (C=O) groups excluding carboxylic acids is 1. The van der Waals surface area contributed by atoms with Crippen LogP contribution < -0.4 is 5.32 Å². The molecular formula is C14H19Cl2N3O2. The summed E-state index contributed by atoms with van der Waals surface area (Å²) in [6.07, 6.45) is 0.102. The van der Waals surface area contributed by atoms with Crippen LogP contribution in [0.5, 0.6) is 0 Å². The van der Waals surface area contributed by atoms with Crippen LogP contribution in [0.1, 0.15) is 6.42 Å². The minimum absolute atomic E-state index is 0.00958. The van der Waals surface area contributed by atoms with Crippen molar-refractivity contribution in [1.82, 2.24) is 9.80 Å². The van der Waals surface area contributed by atoms with Gasteiger partial charge in [-0.15, -0.1) is 0 Å². The molecule has 0 bridgehead atoms. The number of aliphatic hydroxyl groups excluding tert-OH is 1. The van der Waals surface area contributed by atoms with E-state index in [1.54, 1.807) is 23.1 Å². The Morgan fingerprint density at radius 1 is 1.38 bits per heavy atom. The first-order valence-electron chi connectivity index (χ1n) is 6.71. The lowest BCUT2D eigenvalue weighted by Crippen LogP contribution is -2.43. The molecule has 1 fully saturated rings. The molecule has 2 unspecified atom stereocenters. The summed E-state index contributed by atoms with van der Waals surface area (Å²) in [7, 11) is 3.88. The summed E-state index contributed by atoms with van der Waals surface area (Å²) >= 11 is 11.8. The number of hydrogen-bond acceptors (Lipinski definition) is 3. The molecule has 2 N–H and O–H groups in total. The second-order valence-electron chi connectivity index (χ2n) is 5.55. The molecule has 0 aromatic heterocycles. The van der Waals surface area contributed by atoms with Gasteiger partial charge in [-0.25, -0.2) is 4.79 Å². The van der Waals surface area contributed by atoms with E-state index in [-0.39, 0.29) is 12.1 Å². The number of urea groups is 1. The van der Waals surface area contributed by atoms with Gasteiger partial charge in [0.2, 0.25) is 0 Å². The zero-order valence-electron chi connectivity index (χ0n) is 12.0. The summed E-state index contributed by atoms with van der Waals surface area (Å²) in [6, 6.07) is 4.62. The molecule has 1 saturated heterocycles. The number of anilines is 1. The largest absolute Gasteiger partial charge is 0.391 e. The SMILES string of the molecule is CN(C)CC1CC(O)CN1C(=O)Nc1cc(Cl)cc(Cl)c1. The standard InChI is InChI=1S/C14H19Cl2N3O2/c1-18(2)7-12-6-13(20)8-19(12)14(21)17-11-4-9(15)3-10(16)5-11/h3-5,12-13,20H,6-8H2,1-2H3,(H,17,21). The van der Waals surface area contributed by atoms with Crippen molar-refractivity contribution < 1.29 is 9.90 Å². The van der Waals surface area contributed by atoms with E-state index in [0.29, 0.717) is 35.2 Å². The quantitative estimate of drug-likeness (QED) is 0.894. The topological polar surface area (TPSA) is 55.8 Å². The van der Waals surface area contributed by atoms with E-state index in [4.69, 9.17) is 23.2 Å². The molecule has 0 aliphatic carbocycles. The minimum atomic E-state index is -0.483. The number of rotatable bonds is 3. The van der Waals surface area contributed by atoms with Gasteiger partial charge in [0.15, 0.2) is 0 Å². The summed E-state index contributed by atoms with van der Waals surface area (Å²) in [6.45, 7) is 1.04. The molecule has 2 amide bonds. The van der Waals surface area contributed by atoms with Gasteiger partial charge in [-0.1, -0.05) is 23.2 Å². The van der Waals surface area contributed by atoms with Crippen LogP contribution in [0, 0.1) is 0 Å². The maximum Gasteiger partial charge on any atom is 0.322 e. The van der Waals surface area contributed by atoms with Crippen molar-refractivity contribution in [2.45, 2.75) is 18.6 Å². The van der Waals surface area contributed by atoms with E-state index in [0.717, 1.165) is 0 Å². The second kappa shape index (κ2) is 6.83. The molecule has 2 atom stereocenters. The van der Waals surface area contributed by atoms with Gasteiger partial charge >= 0.3 is 6.03 Å². The van der Waals surface area contributed by atoms with Crippen molar-refractivity contribution in [3.63, 3.8) is 0 Å². The third-order valence-electron chi connectivity index (χ3n) is 3.34. The predicted molar refractivity (Wildman–Crippen MR) is 85.2 cm³/mol. The van der Waals surface area contributed by atoms with Gasteiger partial charge in [0.25, 0.3) is 0 Å². The molecule has 0 radical (unpaired) electrons. The number of nitrogens with one attached hydrogen (secondary N) is 1. The highest BCUT2D eigenvalue weighted by atomic mass is 35.5. The van der Waals surface area contributed by atoms with Crippen molar-refractivity contribution in [2.24, 2.45) is 0 Å². The highest BCUT2D eigenvalue weighted by Gasteiger charge is 2.34. The fraction of sp³-hybridized carbons (Fsp3) is 0.500. The number of benzene rings is 1. The normalized spacial score (nSPS) is 21.9. The summed E-state index contributed by atoms with van der Waals surface area (Å²) < 4.78 is 0. The maximum atomic E-state index is 12.4. The van der Waals surface area contributed by atoms with Gasteiger partial charge in [-0.3, -0.25) is 0 Å². The van der Waals surface area contributed by atoms with E-state index >= 15 is 0 Å². The first-order chi connectivity index (χ1) is 9.85. The first kappa shape index (κ1) is 16.4. The van der Waals surface area contributed by atoms with Crippen LogP contribution in [0.25, 0.3) is 0 Å². The molecule has 116 valence electrons. The van der Waals surface area contributed by atoms with Crippen LogP contribution in [-0.4, -0.2) is 60.3 Å². The third kappa shape index (κ3) is 4.48. The maximum absolute atomic E-state index is 12.4. The smallest absolute Gasteiger partial charge is 0.322 e. The zero-order chi connectivity index (χ0) is 15.6. The average Bonchev–Trinajstić information content (AvgIpc) is 2.67. The highest BCUT2D eigenvalue weighted by molar-refractivity contribution is 6.35. The number of aliphatic hydroxyl groups is 1. The predicted octanol–water partition coefficient (Wildman–Crippen LogP) is 2.52. The van der Waals surface area contributed by atoms with Crippen LogP contribution in [0.3, 0.4) is 0 Å². The molecule has 5 nitrogen and oxygen atoms in total. The number of nitrogens with zero attached hydrogens (tertiary/aromatic N) is 2. The van der Waals surface area contributed by atoms with E-state index < -0.39 is 6.10 Å². The lowest BCUT2D eigenvalue weighted by atomic mass is 10.2. The van der Waals surface area contributed by atoms with Crippen molar-refractivity contribution >= 4 is 34.9 Å². The molecule has 0 spiro atoms. The number of carbonyl (C=O) groups is 1. The average molecular weight is 332 g/mol. The molecular weight excluding hydrogens is 313 g/mol. The summed E-state index contributed by atoms with van der Waals surface area (Å²) in [5.41, 5.74) is 0.544. The minimum Gasteiger partial charge on any atom is -0.391 e. The number of β-amino-alcohol motifs (C(OH)–C–C–N with tert-alkyl or cyclic N) is 1. The van der Waals surface area contributed by atoms with Gasteiger partial charge in [-0.05, 0) is 38.7 Å². The van der Waals surface area contributed by atoms with E-state index in [1.165, 1.54) is 0 Å². The molecule has 0 saturated carbocycles. The Labute approximate surface area is 134 Å². The van der Waals surface area contributed by atoms with Gasteiger partial charge in [0.05, 0.1) is 6.10 Å². The zero-order valence-corrected chi connectivity index (χ0v) is 13.5. The monoisotopic (exact) mass is 331 g/mol. The summed E-state index contributed by atoms with van der Waals surface area (Å²) in [5.74, 6) is 0. The van der Waals surface area contributed by atoms with Gasteiger partial charge in [0, 0.05) is 34.9 Å². The molecule has 1 heterocycles. The van der Waals surface area contributed by atoms with Crippen LogP contribution >= 0.6 is 23.2 Å². The molecule has 21 heavy (non-hydrogen) atoms. The van der Waals surface area contributed by atoms with E-state index in [9.17, 15) is 9.90 Å². The van der Waals surface area contributed by atoms with Crippen molar-refractivity contribution in [3.8, 4) is 0 Å². The lowest BCUT2D eigenvalue weighted by molar-refractivity contribution is 0.174. The molecule has 1 aliphatic heterocycles. The Kier molecular flexibility index (Phi) is 5.32. The highest BCUT2D eigenvalue weighted by Crippen LogP contribution is 2.24. The fourth-order valence-electron chi connectivity index (χ4n) is 2.56. The number of halogens is 2. The Balaban J connectivity index is 2.07. The molecule has 1 aromatic rings. The third-order valence-corrected chi connectivity index (χ3v) is 3.78. The Hall–Kier alpha value is -1.01. The number of amides is 2. The van der Waals surface area contributed by atoms with E-state index in [2.05, 4.69) is 5.32 Å². The lowest BCUT2D eigenvalue weighted by Gasteiger charge is -2.27. The molecule has 1 aromatic carbocycles. The summed E-state index contributed by atoms with van der Waals surface area (Å²) in [4.78, 5) is 16.0. The van der Waals surface area contributed by atoms with Crippen molar-refractivity contribution in [1.29, 1.82) is 0 Å². The first-order valence-corrected chi connectivity index (χ1v) is 7.47. The van der Waals surface area contributed by atoms with Crippen molar-refractivity contribution in [3.05, 3.63) is 28.2 Å². The Morgan fingerprint density at radius 2 is 2.00 bits per heavy atom. The van der Waals surface area contributed by atoms with Gasteiger partial charge in [0.1, 0.15) is 0 Å². The molecule has 7 heteroatoms. The van der Waals surface area contributed by atoms with Crippen LogP contribution in [0.4, 0.5) is 10.5 Å². The second-order valence-corrected chi connectivity index (χ2v) is 6.42. The van der Waals surface area contributed by atoms with Crippen LogP contribution in [-0.2, 0) is 0 Å². The van der Waals surface area contributed by atoms with Crippen molar-refractivity contribution in [2.75, 3.05) is 32.5 Å². The van der Waals surface area contributed by atoms with E-state index in [1.807, 2.05) is 19.0 Å². The van der Waals surface area contributed by atoms with Gasteiger partial charge in [-0.2, -0.15) is 0 Å². The molecule has 1 aliphatic rings. The number of likely N-dealkylation sites (tertiary alicyclic amines) is 1.